The minimum atomic E-state index is -0.0173. The number of nitrogens with two attached hydrogens (primary N) is 1. The molecule has 0 spiro atoms. The Labute approximate surface area is 119 Å². The van der Waals surface area contributed by atoms with Gasteiger partial charge in [-0.1, -0.05) is 6.07 Å². The molecular formula is C11H20IN3S. The molecule has 0 fully saturated rings. The minimum Gasteiger partial charge on any atom is -0.370 e. The molecule has 5 heteroatoms. The van der Waals surface area contributed by atoms with Crippen LogP contribution in [0.15, 0.2) is 22.5 Å². The van der Waals surface area contributed by atoms with Gasteiger partial charge in [-0.15, -0.1) is 35.3 Å². The SMILES string of the molecule is CC(C)(C)NC(N)=NCCc1cccs1.I. The third-order valence-electron chi connectivity index (χ3n) is 1.72. The number of rotatable bonds is 3. The van der Waals surface area contributed by atoms with Crippen molar-refractivity contribution >= 4 is 41.3 Å². The molecule has 16 heavy (non-hydrogen) atoms. The fourth-order valence-electron chi connectivity index (χ4n) is 1.17. The van der Waals surface area contributed by atoms with E-state index < -0.39 is 0 Å². The highest BCUT2D eigenvalue weighted by Gasteiger charge is 2.09. The molecule has 0 atom stereocenters. The van der Waals surface area contributed by atoms with Gasteiger partial charge in [-0.3, -0.25) is 4.99 Å². The number of nitrogens with zero attached hydrogens (tertiary/aromatic N) is 1. The summed E-state index contributed by atoms with van der Waals surface area (Å²) in [5.41, 5.74) is 5.72. The monoisotopic (exact) mass is 353 g/mol. The Morgan fingerprint density at radius 3 is 2.69 bits per heavy atom. The van der Waals surface area contributed by atoms with E-state index in [2.05, 4.69) is 48.6 Å². The molecule has 92 valence electrons. The molecule has 0 aromatic carbocycles. The molecular weight excluding hydrogens is 333 g/mol. The van der Waals surface area contributed by atoms with E-state index in [1.807, 2.05) is 0 Å². The molecule has 0 aliphatic heterocycles. The highest BCUT2D eigenvalue weighted by atomic mass is 127. The third kappa shape index (κ3) is 7.05. The predicted molar refractivity (Wildman–Crippen MR) is 82.8 cm³/mol. The van der Waals surface area contributed by atoms with Gasteiger partial charge in [-0.2, -0.15) is 0 Å². The normalized spacial score (nSPS) is 12.1. The number of hydrogen-bond donors (Lipinski definition) is 2. The van der Waals surface area contributed by atoms with Crippen molar-refractivity contribution in [2.45, 2.75) is 32.7 Å². The molecule has 1 heterocycles. The molecule has 0 saturated heterocycles. The van der Waals surface area contributed by atoms with Gasteiger partial charge in [0.25, 0.3) is 0 Å². The summed E-state index contributed by atoms with van der Waals surface area (Å²) in [7, 11) is 0. The number of hydrogen-bond acceptors (Lipinski definition) is 2. The van der Waals surface area contributed by atoms with Crippen molar-refractivity contribution in [3.05, 3.63) is 22.4 Å². The van der Waals surface area contributed by atoms with Crippen LogP contribution in [0.2, 0.25) is 0 Å². The van der Waals surface area contributed by atoms with Gasteiger partial charge >= 0.3 is 0 Å². The zero-order valence-electron chi connectivity index (χ0n) is 9.99. The van der Waals surface area contributed by atoms with E-state index in [-0.39, 0.29) is 29.5 Å². The van der Waals surface area contributed by atoms with E-state index in [4.69, 9.17) is 5.73 Å². The molecule has 0 bridgehead atoms. The van der Waals surface area contributed by atoms with E-state index in [0.29, 0.717) is 5.96 Å². The lowest BCUT2D eigenvalue weighted by atomic mass is 10.1. The van der Waals surface area contributed by atoms with Crippen LogP contribution in [0.3, 0.4) is 0 Å². The fraction of sp³-hybridized carbons (Fsp3) is 0.545. The Kier molecular flexibility index (Phi) is 6.98. The molecule has 0 radical (unpaired) electrons. The van der Waals surface area contributed by atoms with Crippen molar-refractivity contribution in [2.75, 3.05) is 6.54 Å². The summed E-state index contributed by atoms with van der Waals surface area (Å²) in [6, 6.07) is 4.17. The number of guanidine groups is 1. The zero-order chi connectivity index (χ0) is 11.3. The van der Waals surface area contributed by atoms with Crippen LogP contribution in [-0.4, -0.2) is 18.0 Å². The summed E-state index contributed by atoms with van der Waals surface area (Å²) < 4.78 is 0. The molecule has 0 amide bonds. The lowest BCUT2D eigenvalue weighted by Gasteiger charge is -2.20. The lowest BCUT2D eigenvalue weighted by molar-refractivity contribution is 0.508. The first-order valence-corrected chi connectivity index (χ1v) is 5.96. The van der Waals surface area contributed by atoms with Crippen LogP contribution < -0.4 is 11.1 Å². The number of halogens is 1. The van der Waals surface area contributed by atoms with Gasteiger partial charge in [0, 0.05) is 23.4 Å². The standard InChI is InChI=1S/C11H19N3S.HI/c1-11(2,3)14-10(12)13-7-6-9-5-4-8-15-9;/h4-5,8H,6-7H2,1-3H3,(H3,12,13,14);1H. The second-order valence-electron chi connectivity index (χ2n) is 4.47. The molecule has 0 saturated carbocycles. The molecule has 1 rings (SSSR count). The van der Waals surface area contributed by atoms with Gasteiger partial charge in [-0.05, 0) is 32.2 Å². The second kappa shape index (κ2) is 7.11. The maximum absolute atomic E-state index is 5.74. The minimum absolute atomic E-state index is 0. The van der Waals surface area contributed by atoms with Crippen molar-refractivity contribution in [2.24, 2.45) is 10.7 Å². The maximum atomic E-state index is 5.74. The topological polar surface area (TPSA) is 50.4 Å². The van der Waals surface area contributed by atoms with Gasteiger partial charge in [0.15, 0.2) is 5.96 Å². The largest absolute Gasteiger partial charge is 0.370 e. The quantitative estimate of drug-likeness (QED) is 0.499. The first-order chi connectivity index (χ1) is 6.97. The van der Waals surface area contributed by atoms with Crippen LogP contribution >= 0.6 is 35.3 Å². The first-order valence-electron chi connectivity index (χ1n) is 5.08. The van der Waals surface area contributed by atoms with E-state index in [1.165, 1.54) is 4.88 Å². The van der Waals surface area contributed by atoms with Crippen LogP contribution in [0.5, 0.6) is 0 Å². The van der Waals surface area contributed by atoms with Crippen molar-refractivity contribution in [1.82, 2.24) is 5.32 Å². The van der Waals surface area contributed by atoms with E-state index >= 15 is 0 Å². The van der Waals surface area contributed by atoms with Gasteiger partial charge < -0.3 is 11.1 Å². The number of thiophene rings is 1. The molecule has 0 aliphatic rings. The van der Waals surface area contributed by atoms with Crippen molar-refractivity contribution < 1.29 is 0 Å². The maximum Gasteiger partial charge on any atom is 0.188 e. The summed E-state index contributed by atoms with van der Waals surface area (Å²) >= 11 is 1.76. The highest BCUT2D eigenvalue weighted by Crippen LogP contribution is 2.08. The third-order valence-corrected chi connectivity index (χ3v) is 2.66. The van der Waals surface area contributed by atoms with Gasteiger partial charge in [-0.25, -0.2) is 0 Å². The Hall–Kier alpha value is -0.300. The molecule has 1 aromatic heterocycles. The van der Waals surface area contributed by atoms with Gasteiger partial charge in [0.05, 0.1) is 0 Å². The molecule has 1 aromatic rings. The van der Waals surface area contributed by atoms with Crippen LogP contribution in [0.25, 0.3) is 0 Å². The van der Waals surface area contributed by atoms with Crippen molar-refractivity contribution in [3.8, 4) is 0 Å². The predicted octanol–water partition coefficient (Wildman–Crippen LogP) is 2.61. The van der Waals surface area contributed by atoms with Crippen LogP contribution in [0.1, 0.15) is 25.6 Å². The number of nitrogens with one attached hydrogen (secondary N) is 1. The van der Waals surface area contributed by atoms with E-state index in [1.54, 1.807) is 11.3 Å². The molecule has 3 N–H and O–H groups in total. The highest BCUT2D eigenvalue weighted by molar-refractivity contribution is 14.0. The molecule has 0 unspecified atom stereocenters. The van der Waals surface area contributed by atoms with Crippen LogP contribution in [0.4, 0.5) is 0 Å². The molecule has 0 aliphatic carbocycles. The van der Waals surface area contributed by atoms with Gasteiger partial charge in [0.1, 0.15) is 0 Å². The summed E-state index contributed by atoms with van der Waals surface area (Å²) in [5.74, 6) is 0.527. The van der Waals surface area contributed by atoms with E-state index in [0.717, 1.165) is 13.0 Å². The van der Waals surface area contributed by atoms with Gasteiger partial charge in [0.2, 0.25) is 0 Å². The smallest absolute Gasteiger partial charge is 0.188 e. The Morgan fingerprint density at radius 1 is 1.50 bits per heavy atom. The summed E-state index contributed by atoms with van der Waals surface area (Å²) in [4.78, 5) is 5.62. The first kappa shape index (κ1) is 15.7. The zero-order valence-corrected chi connectivity index (χ0v) is 13.1. The average Bonchev–Trinajstić information content (AvgIpc) is 2.53. The summed E-state index contributed by atoms with van der Waals surface area (Å²) in [6.45, 7) is 6.94. The lowest BCUT2D eigenvalue weighted by Crippen LogP contribution is -2.45. The fourth-order valence-corrected chi connectivity index (χ4v) is 1.86. The van der Waals surface area contributed by atoms with E-state index in [9.17, 15) is 0 Å². The Bertz CT molecular complexity index is 314. The number of aliphatic imine (C=N–C) groups is 1. The summed E-state index contributed by atoms with van der Waals surface area (Å²) in [5, 5.41) is 5.21. The Morgan fingerprint density at radius 2 is 2.19 bits per heavy atom. The molecule has 3 nitrogen and oxygen atoms in total. The summed E-state index contributed by atoms with van der Waals surface area (Å²) in [6.07, 6.45) is 0.962. The van der Waals surface area contributed by atoms with Crippen molar-refractivity contribution in [1.29, 1.82) is 0 Å². The van der Waals surface area contributed by atoms with Crippen molar-refractivity contribution in [3.63, 3.8) is 0 Å². The van der Waals surface area contributed by atoms with Crippen LogP contribution in [0, 0.1) is 0 Å². The van der Waals surface area contributed by atoms with Crippen LogP contribution in [-0.2, 0) is 6.42 Å². The average molecular weight is 353 g/mol. The second-order valence-corrected chi connectivity index (χ2v) is 5.50. The Balaban J connectivity index is 0.00000225.